The lowest BCUT2D eigenvalue weighted by atomic mass is 9.98. The normalized spacial score (nSPS) is 12.3. The Kier molecular flexibility index (Phi) is 4.26. The molecule has 0 aliphatic rings. The minimum absolute atomic E-state index is 0.0935. The van der Waals surface area contributed by atoms with E-state index in [2.05, 4.69) is 0 Å². The monoisotopic (exact) mass is 297 g/mol. The number of rotatable bonds is 3. The van der Waals surface area contributed by atoms with E-state index >= 15 is 0 Å². The van der Waals surface area contributed by atoms with Crippen LogP contribution in [0, 0.1) is 18.6 Å². The van der Waals surface area contributed by atoms with Crippen molar-refractivity contribution in [2.24, 2.45) is 5.73 Å². The molecule has 0 aliphatic heterocycles. The van der Waals surface area contributed by atoms with Crippen LogP contribution in [0.5, 0.6) is 5.75 Å². The minimum Gasteiger partial charge on any atom is -0.496 e. The molecule has 1 atom stereocenters. The summed E-state index contributed by atoms with van der Waals surface area (Å²) >= 11 is 5.93. The van der Waals surface area contributed by atoms with Crippen LogP contribution in [0.3, 0.4) is 0 Å². The molecule has 0 heterocycles. The van der Waals surface area contributed by atoms with Gasteiger partial charge in [0.15, 0.2) is 11.6 Å². The molecule has 0 saturated heterocycles. The molecular formula is C15H14ClF2NO. The zero-order chi connectivity index (χ0) is 14.9. The molecule has 106 valence electrons. The summed E-state index contributed by atoms with van der Waals surface area (Å²) in [5.41, 5.74) is 8.08. The van der Waals surface area contributed by atoms with Crippen molar-refractivity contribution in [3.8, 4) is 5.75 Å². The van der Waals surface area contributed by atoms with E-state index in [1.807, 2.05) is 13.0 Å². The Morgan fingerprint density at radius 1 is 1.15 bits per heavy atom. The summed E-state index contributed by atoms with van der Waals surface area (Å²) in [6.07, 6.45) is 0. The van der Waals surface area contributed by atoms with Crippen molar-refractivity contribution < 1.29 is 13.5 Å². The average Bonchev–Trinajstić information content (AvgIpc) is 2.42. The Hall–Kier alpha value is -1.65. The van der Waals surface area contributed by atoms with Crippen LogP contribution in [0.25, 0.3) is 0 Å². The molecule has 20 heavy (non-hydrogen) atoms. The fourth-order valence-corrected chi connectivity index (χ4v) is 2.25. The van der Waals surface area contributed by atoms with Gasteiger partial charge in [-0.1, -0.05) is 23.7 Å². The number of benzene rings is 2. The highest BCUT2D eigenvalue weighted by atomic mass is 35.5. The van der Waals surface area contributed by atoms with Crippen LogP contribution in [-0.4, -0.2) is 7.11 Å². The molecule has 0 fully saturated rings. The second-order valence-corrected chi connectivity index (χ2v) is 4.90. The molecule has 1 unspecified atom stereocenters. The molecular weight excluding hydrogens is 284 g/mol. The van der Waals surface area contributed by atoms with Crippen molar-refractivity contribution >= 4 is 11.6 Å². The highest BCUT2D eigenvalue weighted by molar-refractivity contribution is 6.31. The van der Waals surface area contributed by atoms with Gasteiger partial charge < -0.3 is 10.5 Å². The lowest BCUT2D eigenvalue weighted by Gasteiger charge is -2.16. The van der Waals surface area contributed by atoms with E-state index in [-0.39, 0.29) is 5.02 Å². The molecule has 2 nitrogen and oxygen atoms in total. The first-order chi connectivity index (χ1) is 9.43. The molecule has 0 bridgehead atoms. The van der Waals surface area contributed by atoms with E-state index in [0.29, 0.717) is 16.9 Å². The molecule has 0 aliphatic carbocycles. The summed E-state index contributed by atoms with van der Waals surface area (Å²) in [5, 5.41) is 0.0935. The van der Waals surface area contributed by atoms with Gasteiger partial charge in [-0.25, -0.2) is 8.78 Å². The summed E-state index contributed by atoms with van der Waals surface area (Å²) in [4.78, 5) is 0. The maximum atomic E-state index is 13.3. The van der Waals surface area contributed by atoms with Crippen molar-refractivity contribution in [1.82, 2.24) is 0 Å². The van der Waals surface area contributed by atoms with Crippen LogP contribution in [0.4, 0.5) is 8.78 Å². The van der Waals surface area contributed by atoms with Crippen LogP contribution >= 0.6 is 11.6 Å². The van der Waals surface area contributed by atoms with Crippen LogP contribution in [0.15, 0.2) is 30.3 Å². The quantitative estimate of drug-likeness (QED) is 0.870. The zero-order valence-corrected chi connectivity index (χ0v) is 11.8. The van der Waals surface area contributed by atoms with Gasteiger partial charge in [-0.3, -0.25) is 0 Å². The Morgan fingerprint density at radius 3 is 2.45 bits per heavy atom. The Balaban J connectivity index is 2.46. The third-order valence-corrected chi connectivity index (χ3v) is 3.49. The molecule has 2 aromatic rings. The van der Waals surface area contributed by atoms with Gasteiger partial charge >= 0.3 is 0 Å². The van der Waals surface area contributed by atoms with Gasteiger partial charge in [0.1, 0.15) is 5.75 Å². The van der Waals surface area contributed by atoms with E-state index in [4.69, 9.17) is 22.1 Å². The highest BCUT2D eigenvalue weighted by Gasteiger charge is 2.17. The van der Waals surface area contributed by atoms with E-state index in [1.54, 1.807) is 19.2 Å². The first-order valence-electron chi connectivity index (χ1n) is 5.98. The maximum absolute atomic E-state index is 13.3. The molecule has 0 radical (unpaired) electrons. The number of aryl methyl sites for hydroxylation is 1. The van der Waals surface area contributed by atoms with E-state index in [0.717, 1.165) is 17.7 Å². The van der Waals surface area contributed by atoms with Gasteiger partial charge in [0.05, 0.1) is 13.2 Å². The summed E-state index contributed by atoms with van der Waals surface area (Å²) in [5.74, 6) is -1.29. The summed E-state index contributed by atoms with van der Waals surface area (Å²) in [6, 6.07) is 6.71. The molecule has 0 spiro atoms. The van der Waals surface area contributed by atoms with E-state index in [9.17, 15) is 8.78 Å². The van der Waals surface area contributed by atoms with Crippen LogP contribution in [0.2, 0.25) is 5.02 Å². The third-order valence-electron chi connectivity index (χ3n) is 3.17. The van der Waals surface area contributed by atoms with Crippen molar-refractivity contribution in [2.75, 3.05) is 7.11 Å². The second kappa shape index (κ2) is 5.77. The predicted octanol–water partition coefficient (Wildman–Crippen LogP) is 3.98. The number of halogens is 3. The van der Waals surface area contributed by atoms with Crippen LogP contribution in [0.1, 0.15) is 22.7 Å². The van der Waals surface area contributed by atoms with Gasteiger partial charge in [0, 0.05) is 5.02 Å². The maximum Gasteiger partial charge on any atom is 0.160 e. The average molecular weight is 298 g/mol. The summed E-state index contributed by atoms with van der Waals surface area (Å²) < 4.78 is 31.6. The van der Waals surface area contributed by atoms with Gasteiger partial charge in [-0.2, -0.15) is 0 Å². The lowest BCUT2D eigenvalue weighted by Crippen LogP contribution is -2.13. The fourth-order valence-electron chi connectivity index (χ4n) is 1.99. The smallest absolute Gasteiger partial charge is 0.160 e. The van der Waals surface area contributed by atoms with Gasteiger partial charge in [0.2, 0.25) is 0 Å². The predicted molar refractivity (Wildman–Crippen MR) is 75.1 cm³/mol. The van der Waals surface area contributed by atoms with E-state index in [1.165, 1.54) is 0 Å². The molecule has 0 saturated carbocycles. The SMILES string of the molecule is COc1cc(C(N)c2cc(F)c(F)cc2Cl)ccc1C. The van der Waals surface area contributed by atoms with Crippen LogP contribution < -0.4 is 10.5 Å². The molecule has 5 heteroatoms. The molecule has 0 amide bonds. The standard InChI is InChI=1S/C15H14ClF2NO/c1-8-3-4-9(5-14(8)20-2)15(19)10-6-12(17)13(18)7-11(10)16/h3-7,15H,19H2,1-2H3. The molecule has 0 aromatic heterocycles. The topological polar surface area (TPSA) is 35.2 Å². The van der Waals surface area contributed by atoms with Gasteiger partial charge in [-0.15, -0.1) is 0 Å². The van der Waals surface area contributed by atoms with E-state index < -0.39 is 17.7 Å². The molecule has 2 aromatic carbocycles. The number of nitrogens with two attached hydrogens (primary N) is 1. The number of hydrogen-bond donors (Lipinski definition) is 1. The number of hydrogen-bond acceptors (Lipinski definition) is 2. The second-order valence-electron chi connectivity index (χ2n) is 4.49. The Morgan fingerprint density at radius 2 is 1.80 bits per heavy atom. The lowest BCUT2D eigenvalue weighted by molar-refractivity contribution is 0.411. The zero-order valence-electron chi connectivity index (χ0n) is 11.1. The van der Waals surface area contributed by atoms with Gasteiger partial charge in [-0.05, 0) is 41.8 Å². The Bertz CT molecular complexity index is 646. The van der Waals surface area contributed by atoms with Crippen molar-refractivity contribution in [2.45, 2.75) is 13.0 Å². The first kappa shape index (κ1) is 14.8. The molecule has 2 N–H and O–H groups in total. The first-order valence-corrected chi connectivity index (χ1v) is 6.36. The van der Waals surface area contributed by atoms with Crippen molar-refractivity contribution in [3.63, 3.8) is 0 Å². The number of ether oxygens (including phenoxy) is 1. The Labute approximate surface area is 121 Å². The fraction of sp³-hybridized carbons (Fsp3) is 0.200. The third kappa shape index (κ3) is 2.76. The molecule has 2 rings (SSSR count). The van der Waals surface area contributed by atoms with Crippen molar-refractivity contribution in [1.29, 1.82) is 0 Å². The minimum atomic E-state index is -0.993. The van der Waals surface area contributed by atoms with Crippen LogP contribution in [-0.2, 0) is 0 Å². The van der Waals surface area contributed by atoms with Crippen molar-refractivity contribution in [3.05, 3.63) is 63.7 Å². The summed E-state index contributed by atoms with van der Waals surface area (Å²) in [7, 11) is 1.56. The highest BCUT2D eigenvalue weighted by Crippen LogP contribution is 2.31. The summed E-state index contributed by atoms with van der Waals surface area (Å²) in [6.45, 7) is 1.90. The number of methoxy groups -OCH3 is 1. The van der Waals surface area contributed by atoms with Gasteiger partial charge in [0.25, 0.3) is 0 Å². The largest absolute Gasteiger partial charge is 0.496 e.